The molecule has 4 fully saturated rings. The van der Waals surface area contributed by atoms with Crippen molar-refractivity contribution >= 4 is 23.4 Å². The van der Waals surface area contributed by atoms with Crippen LogP contribution in [0.15, 0.2) is 40.6 Å². The molecule has 4 aliphatic carbocycles. The number of nitrogens with zero attached hydrogens (tertiary/aromatic N) is 3. The van der Waals surface area contributed by atoms with Gasteiger partial charge in [-0.05, 0) is 97.7 Å². The number of carbonyl (C=O) groups is 1. The van der Waals surface area contributed by atoms with Gasteiger partial charge in [-0.3, -0.25) is 4.79 Å². The molecule has 4 saturated carbocycles. The lowest BCUT2D eigenvalue weighted by Gasteiger charge is -2.56. The highest BCUT2D eigenvalue weighted by molar-refractivity contribution is 7.99. The van der Waals surface area contributed by atoms with Gasteiger partial charge in [-0.15, -0.1) is 10.2 Å². The summed E-state index contributed by atoms with van der Waals surface area (Å²) in [7, 11) is 1.93. The molecular formula is C21H26N4OS. The van der Waals surface area contributed by atoms with Crippen molar-refractivity contribution in [1.82, 2.24) is 14.8 Å². The molecule has 0 radical (unpaired) electrons. The highest BCUT2D eigenvalue weighted by atomic mass is 32.2. The number of aryl methyl sites for hydroxylation is 1. The average Bonchev–Trinajstić information content (AvgIpc) is 2.99. The Balaban J connectivity index is 1.21. The van der Waals surface area contributed by atoms with Crippen molar-refractivity contribution in [3.8, 4) is 0 Å². The van der Waals surface area contributed by atoms with Gasteiger partial charge >= 0.3 is 0 Å². The smallest absolute Gasteiger partial charge is 0.224 e. The van der Waals surface area contributed by atoms with E-state index in [0.717, 1.165) is 33.5 Å². The zero-order valence-corrected chi connectivity index (χ0v) is 16.5. The van der Waals surface area contributed by atoms with Crippen molar-refractivity contribution in [3.05, 3.63) is 30.6 Å². The molecule has 27 heavy (non-hydrogen) atoms. The third-order valence-corrected chi connectivity index (χ3v) is 7.78. The normalized spacial score (nSPS) is 31.2. The van der Waals surface area contributed by atoms with Crippen LogP contribution in [-0.2, 0) is 11.8 Å². The van der Waals surface area contributed by atoms with Crippen molar-refractivity contribution in [1.29, 1.82) is 0 Å². The second-order valence-electron chi connectivity index (χ2n) is 8.99. The third-order valence-electron chi connectivity index (χ3n) is 6.72. The summed E-state index contributed by atoms with van der Waals surface area (Å²) in [6, 6.07) is 8.02. The van der Waals surface area contributed by atoms with E-state index in [1.807, 2.05) is 35.9 Å². The number of benzene rings is 1. The highest BCUT2D eigenvalue weighted by Gasteiger charge is 2.51. The number of hydrogen-bond donors (Lipinski definition) is 1. The van der Waals surface area contributed by atoms with Crippen molar-refractivity contribution < 1.29 is 4.79 Å². The van der Waals surface area contributed by atoms with Crippen LogP contribution in [0, 0.1) is 23.2 Å². The van der Waals surface area contributed by atoms with Gasteiger partial charge in [-0.25, -0.2) is 0 Å². The second kappa shape index (κ2) is 6.66. The van der Waals surface area contributed by atoms with Gasteiger partial charge in [0.2, 0.25) is 5.91 Å². The van der Waals surface area contributed by atoms with E-state index in [9.17, 15) is 4.79 Å². The Morgan fingerprint density at radius 3 is 2.33 bits per heavy atom. The molecule has 6 rings (SSSR count). The van der Waals surface area contributed by atoms with Crippen LogP contribution in [0.2, 0.25) is 0 Å². The van der Waals surface area contributed by atoms with Crippen molar-refractivity contribution in [3.63, 3.8) is 0 Å². The Bertz CT molecular complexity index is 809. The van der Waals surface area contributed by atoms with Gasteiger partial charge in [-0.2, -0.15) is 0 Å². The molecular weight excluding hydrogens is 356 g/mol. The molecule has 0 unspecified atom stereocenters. The lowest BCUT2D eigenvalue weighted by molar-refractivity contribution is -0.124. The first-order valence-electron chi connectivity index (χ1n) is 9.99. The number of anilines is 1. The van der Waals surface area contributed by atoms with Crippen LogP contribution in [-0.4, -0.2) is 20.7 Å². The highest BCUT2D eigenvalue weighted by Crippen LogP contribution is 2.61. The van der Waals surface area contributed by atoms with Crippen molar-refractivity contribution in [2.45, 2.75) is 55.0 Å². The SMILES string of the molecule is Cn1cnnc1Sc1ccc(NC(=O)CC23CC4CC(CC(C4)C2)C3)cc1. The third kappa shape index (κ3) is 3.51. The van der Waals surface area contributed by atoms with Gasteiger partial charge in [0.15, 0.2) is 5.16 Å². The zero-order chi connectivity index (χ0) is 18.4. The molecule has 1 heterocycles. The van der Waals surface area contributed by atoms with Gasteiger partial charge in [0.1, 0.15) is 6.33 Å². The Morgan fingerprint density at radius 2 is 1.78 bits per heavy atom. The summed E-state index contributed by atoms with van der Waals surface area (Å²) in [4.78, 5) is 13.8. The van der Waals surface area contributed by atoms with E-state index in [-0.39, 0.29) is 5.91 Å². The van der Waals surface area contributed by atoms with Crippen LogP contribution in [0.25, 0.3) is 0 Å². The maximum atomic E-state index is 12.7. The van der Waals surface area contributed by atoms with E-state index in [1.165, 1.54) is 38.5 Å². The first kappa shape index (κ1) is 17.3. The summed E-state index contributed by atoms with van der Waals surface area (Å²) in [5.41, 5.74) is 1.17. The fourth-order valence-corrected chi connectivity index (χ4v) is 6.89. The van der Waals surface area contributed by atoms with E-state index in [2.05, 4.69) is 15.5 Å². The number of amides is 1. The van der Waals surface area contributed by atoms with Gasteiger partial charge in [0, 0.05) is 24.1 Å². The van der Waals surface area contributed by atoms with Gasteiger partial charge in [-0.1, -0.05) is 0 Å². The maximum absolute atomic E-state index is 12.7. The molecule has 5 nitrogen and oxygen atoms in total. The summed E-state index contributed by atoms with van der Waals surface area (Å²) < 4.78 is 1.89. The van der Waals surface area contributed by atoms with Crippen LogP contribution >= 0.6 is 11.8 Å². The molecule has 1 N–H and O–H groups in total. The number of nitrogens with one attached hydrogen (secondary N) is 1. The quantitative estimate of drug-likeness (QED) is 0.826. The zero-order valence-electron chi connectivity index (χ0n) is 15.7. The van der Waals surface area contributed by atoms with Gasteiger partial charge < -0.3 is 9.88 Å². The molecule has 0 spiro atoms. The molecule has 0 atom stereocenters. The van der Waals surface area contributed by atoms with Crippen LogP contribution in [0.5, 0.6) is 0 Å². The molecule has 0 aliphatic heterocycles. The lowest BCUT2D eigenvalue weighted by atomic mass is 9.49. The Labute approximate surface area is 164 Å². The Kier molecular flexibility index (Phi) is 4.26. The minimum Gasteiger partial charge on any atom is -0.326 e. The molecule has 6 heteroatoms. The van der Waals surface area contributed by atoms with E-state index >= 15 is 0 Å². The number of rotatable bonds is 5. The Morgan fingerprint density at radius 1 is 1.15 bits per heavy atom. The maximum Gasteiger partial charge on any atom is 0.224 e. The van der Waals surface area contributed by atoms with Crippen LogP contribution in [0.1, 0.15) is 44.9 Å². The summed E-state index contributed by atoms with van der Waals surface area (Å²) in [5, 5.41) is 12.0. The van der Waals surface area contributed by atoms with Gasteiger partial charge in [0.05, 0.1) is 0 Å². The molecule has 1 aromatic heterocycles. The number of hydrogen-bond acceptors (Lipinski definition) is 4. The first-order chi connectivity index (χ1) is 13.1. The predicted molar refractivity (Wildman–Crippen MR) is 105 cm³/mol. The molecule has 0 saturated heterocycles. The fraction of sp³-hybridized carbons (Fsp3) is 0.571. The summed E-state index contributed by atoms with van der Waals surface area (Å²) >= 11 is 1.57. The summed E-state index contributed by atoms with van der Waals surface area (Å²) in [6.07, 6.45) is 10.5. The van der Waals surface area contributed by atoms with E-state index in [1.54, 1.807) is 18.1 Å². The fourth-order valence-electron chi connectivity index (χ4n) is 6.13. The topological polar surface area (TPSA) is 59.8 Å². The van der Waals surface area contributed by atoms with Gasteiger partial charge in [0.25, 0.3) is 0 Å². The van der Waals surface area contributed by atoms with Crippen LogP contribution < -0.4 is 5.32 Å². The average molecular weight is 383 g/mol. The summed E-state index contributed by atoms with van der Waals surface area (Å²) in [5.74, 6) is 2.86. The second-order valence-corrected chi connectivity index (χ2v) is 10.0. The first-order valence-corrected chi connectivity index (χ1v) is 10.8. The van der Waals surface area contributed by atoms with E-state index in [0.29, 0.717) is 11.8 Å². The monoisotopic (exact) mass is 382 g/mol. The molecule has 1 amide bonds. The van der Waals surface area contributed by atoms with Crippen molar-refractivity contribution in [2.75, 3.05) is 5.32 Å². The number of aromatic nitrogens is 3. The molecule has 4 aliphatic rings. The molecule has 1 aromatic carbocycles. The lowest BCUT2D eigenvalue weighted by Crippen LogP contribution is -2.47. The molecule has 2 aromatic rings. The van der Waals surface area contributed by atoms with Crippen LogP contribution in [0.3, 0.4) is 0 Å². The minimum absolute atomic E-state index is 0.186. The largest absolute Gasteiger partial charge is 0.326 e. The van der Waals surface area contributed by atoms with E-state index < -0.39 is 0 Å². The molecule has 142 valence electrons. The van der Waals surface area contributed by atoms with Crippen molar-refractivity contribution in [2.24, 2.45) is 30.2 Å². The number of carbonyl (C=O) groups excluding carboxylic acids is 1. The standard InChI is InChI=1S/C21H26N4OS/c1-25-13-22-24-20(25)27-18-4-2-17(3-5-18)23-19(26)12-21-9-14-6-15(10-21)8-16(7-14)11-21/h2-5,13-16H,6-12H2,1H3,(H,23,26). The molecule has 4 bridgehead atoms. The van der Waals surface area contributed by atoms with E-state index in [4.69, 9.17) is 0 Å². The Hall–Kier alpha value is -1.82. The predicted octanol–water partition coefficient (Wildman–Crippen LogP) is 4.51. The summed E-state index contributed by atoms with van der Waals surface area (Å²) in [6.45, 7) is 0. The minimum atomic E-state index is 0.186. The van der Waals surface area contributed by atoms with Crippen LogP contribution in [0.4, 0.5) is 5.69 Å².